The highest BCUT2D eigenvalue weighted by Crippen LogP contribution is 2.13. The fourth-order valence-electron chi connectivity index (χ4n) is 1.04. The van der Waals surface area contributed by atoms with Gasteiger partial charge in [-0.3, -0.25) is 4.40 Å². The number of hydrogen-bond donors (Lipinski definition) is 1. The molecule has 0 radical (unpaired) electrons. The van der Waals surface area contributed by atoms with E-state index in [1.165, 1.54) is 0 Å². The molecule has 0 aliphatic rings. The predicted octanol–water partition coefficient (Wildman–Crippen LogP) is 1.53. The molecule has 2 rings (SSSR count). The smallest absolute Gasteiger partial charge is 0.228 e. The molecule has 5 heteroatoms. The van der Waals surface area contributed by atoms with Crippen molar-refractivity contribution in [3.63, 3.8) is 0 Å². The van der Waals surface area contributed by atoms with E-state index in [0.717, 1.165) is 16.1 Å². The molecule has 12 heavy (non-hydrogen) atoms. The number of fused-ring (bicyclic) bond motifs is 1. The summed E-state index contributed by atoms with van der Waals surface area (Å²) in [7, 11) is 1.82. The van der Waals surface area contributed by atoms with E-state index in [1.54, 1.807) is 0 Å². The second-order valence-electron chi connectivity index (χ2n) is 2.35. The zero-order chi connectivity index (χ0) is 8.55. The molecule has 2 aromatic heterocycles. The molecule has 0 spiro atoms. The van der Waals surface area contributed by atoms with Gasteiger partial charge in [-0.2, -0.15) is 0 Å². The lowest BCUT2D eigenvalue weighted by molar-refractivity contribution is 1.10. The van der Waals surface area contributed by atoms with Crippen LogP contribution in [-0.2, 0) is 0 Å². The van der Waals surface area contributed by atoms with Crippen molar-refractivity contribution in [2.24, 2.45) is 0 Å². The normalized spacial score (nSPS) is 10.5. The van der Waals surface area contributed by atoms with E-state index in [-0.39, 0.29) is 0 Å². The molecule has 0 aliphatic heterocycles. The molecule has 2 aromatic rings. The summed E-state index contributed by atoms with van der Waals surface area (Å²) >= 11 is 3.36. The molecule has 0 aromatic carbocycles. The quantitative estimate of drug-likeness (QED) is 0.803. The van der Waals surface area contributed by atoms with Crippen LogP contribution in [0.2, 0.25) is 0 Å². The van der Waals surface area contributed by atoms with Crippen molar-refractivity contribution in [1.82, 2.24) is 14.6 Å². The molecule has 62 valence electrons. The zero-order valence-corrected chi connectivity index (χ0v) is 8.04. The van der Waals surface area contributed by atoms with Crippen LogP contribution in [0.25, 0.3) is 5.65 Å². The van der Waals surface area contributed by atoms with Crippen molar-refractivity contribution in [1.29, 1.82) is 0 Å². The highest BCUT2D eigenvalue weighted by atomic mass is 79.9. The van der Waals surface area contributed by atoms with Gasteiger partial charge in [0.15, 0.2) is 5.65 Å². The molecule has 4 nitrogen and oxygen atoms in total. The Bertz CT molecular complexity index is 409. The van der Waals surface area contributed by atoms with E-state index in [0.29, 0.717) is 0 Å². The topological polar surface area (TPSA) is 42.2 Å². The van der Waals surface area contributed by atoms with Gasteiger partial charge in [-0.05, 0) is 12.1 Å². The summed E-state index contributed by atoms with van der Waals surface area (Å²) in [4.78, 5) is 0. The number of halogens is 1. The zero-order valence-electron chi connectivity index (χ0n) is 6.45. The van der Waals surface area contributed by atoms with Crippen LogP contribution in [0, 0.1) is 0 Å². The summed E-state index contributed by atoms with van der Waals surface area (Å²) in [6, 6.07) is 3.85. The monoisotopic (exact) mass is 226 g/mol. The van der Waals surface area contributed by atoms with Crippen LogP contribution in [0.3, 0.4) is 0 Å². The maximum Gasteiger partial charge on any atom is 0.228 e. The van der Waals surface area contributed by atoms with Crippen LogP contribution < -0.4 is 5.32 Å². The fourth-order valence-corrected chi connectivity index (χ4v) is 1.36. The third-order valence-electron chi connectivity index (χ3n) is 1.60. The minimum Gasteiger partial charge on any atom is -0.357 e. The van der Waals surface area contributed by atoms with Crippen LogP contribution in [0.1, 0.15) is 0 Å². The fraction of sp³-hybridized carbons (Fsp3) is 0.143. The third-order valence-corrected chi connectivity index (χ3v) is 2.09. The number of pyridine rings is 1. The predicted molar refractivity (Wildman–Crippen MR) is 50.2 cm³/mol. The van der Waals surface area contributed by atoms with Crippen molar-refractivity contribution in [3.05, 3.63) is 22.8 Å². The van der Waals surface area contributed by atoms with Gasteiger partial charge in [0.05, 0.1) is 0 Å². The Labute approximate surface area is 77.7 Å². The second-order valence-corrected chi connectivity index (χ2v) is 3.26. The first-order chi connectivity index (χ1) is 5.81. The van der Waals surface area contributed by atoms with Gasteiger partial charge >= 0.3 is 0 Å². The van der Waals surface area contributed by atoms with Crippen molar-refractivity contribution >= 4 is 27.5 Å². The maximum absolute atomic E-state index is 3.97. The van der Waals surface area contributed by atoms with Gasteiger partial charge in [0.1, 0.15) is 0 Å². The molecule has 0 atom stereocenters. The lowest BCUT2D eigenvalue weighted by atomic mass is 10.5. The number of aromatic nitrogens is 3. The summed E-state index contributed by atoms with van der Waals surface area (Å²) < 4.78 is 2.88. The van der Waals surface area contributed by atoms with Gasteiger partial charge in [-0.1, -0.05) is 15.9 Å². The van der Waals surface area contributed by atoms with Crippen LogP contribution in [-0.4, -0.2) is 21.6 Å². The molecule has 2 heterocycles. The Morgan fingerprint density at radius 3 is 3.08 bits per heavy atom. The summed E-state index contributed by atoms with van der Waals surface area (Å²) in [6.45, 7) is 0. The van der Waals surface area contributed by atoms with E-state index in [4.69, 9.17) is 0 Å². The number of nitrogens with one attached hydrogen (secondary N) is 1. The summed E-state index contributed by atoms with van der Waals surface area (Å²) in [6.07, 6.45) is 1.91. The third kappa shape index (κ3) is 1.06. The number of hydrogen-bond acceptors (Lipinski definition) is 3. The SMILES string of the molecule is CNc1nnc2cc(Br)ccn12. The summed E-state index contributed by atoms with van der Waals surface area (Å²) in [5.41, 5.74) is 0.828. The highest BCUT2D eigenvalue weighted by Gasteiger charge is 2.01. The first-order valence-electron chi connectivity index (χ1n) is 3.49. The minimum atomic E-state index is 0.748. The van der Waals surface area contributed by atoms with Crippen LogP contribution in [0.15, 0.2) is 22.8 Å². The van der Waals surface area contributed by atoms with E-state index in [1.807, 2.05) is 29.8 Å². The van der Waals surface area contributed by atoms with Crippen molar-refractivity contribution in [2.45, 2.75) is 0 Å². The molecule has 1 N–H and O–H groups in total. The van der Waals surface area contributed by atoms with E-state index in [9.17, 15) is 0 Å². The van der Waals surface area contributed by atoms with Crippen molar-refractivity contribution in [2.75, 3.05) is 12.4 Å². The highest BCUT2D eigenvalue weighted by molar-refractivity contribution is 9.10. The summed E-state index contributed by atoms with van der Waals surface area (Å²) in [5.74, 6) is 0.748. The lowest BCUT2D eigenvalue weighted by Gasteiger charge is -1.96. The first-order valence-corrected chi connectivity index (χ1v) is 4.28. The first kappa shape index (κ1) is 7.54. The van der Waals surface area contributed by atoms with Crippen LogP contribution >= 0.6 is 15.9 Å². The van der Waals surface area contributed by atoms with E-state index < -0.39 is 0 Å². The molecule has 0 saturated carbocycles. The number of nitrogens with zero attached hydrogens (tertiary/aromatic N) is 3. The molecule has 0 amide bonds. The molecular formula is C7H7BrN4. The molecule has 0 bridgehead atoms. The van der Waals surface area contributed by atoms with Gasteiger partial charge in [0.25, 0.3) is 0 Å². The largest absolute Gasteiger partial charge is 0.357 e. The van der Waals surface area contributed by atoms with E-state index in [2.05, 4.69) is 31.4 Å². The Morgan fingerprint density at radius 1 is 1.50 bits per heavy atom. The molecular weight excluding hydrogens is 220 g/mol. The Hall–Kier alpha value is -1.10. The van der Waals surface area contributed by atoms with Crippen molar-refractivity contribution < 1.29 is 0 Å². The maximum atomic E-state index is 3.97. The number of rotatable bonds is 1. The standard InChI is InChI=1S/C7H7BrN4/c1-9-7-11-10-6-4-5(8)2-3-12(6)7/h2-4H,1H3,(H,9,11). The van der Waals surface area contributed by atoms with Crippen LogP contribution in [0.5, 0.6) is 0 Å². The Morgan fingerprint density at radius 2 is 2.33 bits per heavy atom. The van der Waals surface area contributed by atoms with Gasteiger partial charge in [-0.25, -0.2) is 0 Å². The van der Waals surface area contributed by atoms with Gasteiger partial charge in [0, 0.05) is 17.7 Å². The van der Waals surface area contributed by atoms with E-state index >= 15 is 0 Å². The van der Waals surface area contributed by atoms with Gasteiger partial charge in [0.2, 0.25) is 5.95 Å². The van der Waals surface area contributed by atoms with Gasteiger partial charge in [-0.15, -0.1) is 10.2 Å². The number of anilines is 1. The lowest BCUT2D eigenvalue weighted by Crippen LogP contribution is -1.94. The average molecular weight is 227 g/mol. The van der Waals surface area contributed by atoms with Crippen molar-refractivity contribution in [3.8, 4) is 0 Å². The second kappa shape index (κ2) is 2.75. The molecule has 0 saturated heterocycles. The van der Waals surface area contributed by atoms with Gasteiger partial charge < -0.3 is 5.32 Å². The average Bonchev–Trinajstić information content (AvgIpc) is 2.46. The van der Waals surface area contributed by atoms with Crippen LogP contribution in [0.4, 0.5) is 5.95 Å². The Balaban J connectivity index is 2.73. The molecule has 0 fully saturated rings. The molecule has 0 aliphatic carbocycles. The molecule has 0 unspecified atom stereocenters. The summed E-state index contributed by atoms with van der Waals surface area (Å²) in [5, 5.41) is 10.9. The Kier molecular flexibility index (Phi) is 1.73. The minimum absolute atomic E-state index is 0.748.